The third kappa shape index (κ3) is 3.86. The van der Waals surface area contributed by atoms with Crippen LogP contribution in [-0.2, 0) is 6.61 Å². The molecule has 0 fully saturated rings. The van der Waals surface area contributed by atoms with Crippen molar-refractivity contribution in [2.45, 2.75) is 20.5 Å². The second-order valence-electron chi connectivity index (χ2n) is 6.67. The van der Waals surface area contributed by atoms with Gasteiger partial charge in [-0.2, -0.15) is 0 Å². The molecule has 2 aromatic rings. The molecule has 0 saturated carbocycles. The van der Waals surface area contributed by atoms with Crippen molar-refractivity contribution in [3.63, 3.8) is 0 Å². The van der Waals surface area contributed by atoms with Crippen LogP contribution < -0.4 is 10.1 Å². The largest absolute Gasteiger partial charge is 0.473 e. The molecule has 128 valence electrons. The highest BCUT2D eigenvalue weighted by atomic mass is 19.1. The SMILES string of the molecule is [C-]#[N+]c1ccc(COc2cccc(C3=CCNCC3(C)C)n2)c(F)c1. The molecular formula is C20H20FN3O. The first kappa shape index (κ1) is 17.1. The Morgan fingerprint density at radius 1 is 1.32 bits per heavy atom. The molecule has 0 aliphatic carbocycles. The Bertz CT molecular complexity index is 852. The summed E-state index contributed by atoms with van der Waals surface area (Å²) in [6.45, 7) is 13.0. The van der Waals surface area contributed by atoms with Crippen LogP contribution in [0.5, 0.6) is 5.88 Å². The lowest BCUT2D eigenvalue weighted by Crippen LogP contribution is -2.35. The predicted molar refractivity (Wildman–Crippen MR) is 95.9 cm³/mol. The zero-order chi connectivity index (χ0) is 17.9. The van der Waals surface area contributed by atoms with E-state index >= 15 is 0 Å². The number of pyridine rings is 1. The molecule has 2 heterocycles. The number of rotatable bonds is 4. The molecule has 0 amide bonds. The molecule has 1 aliphatic rings. The monoisotopic (exact) mass is 337 g/mol. The number of hydrogen-bond donors (Lipinski definition) is 1. The Hall–Kier alpha value is -2.71. The van der Waals surface area contributed by atoms with Gasteiger partial charge in [0.2, 0.25) is 5.88 Å². The molecule has 0 radical (unpaired) electrons. The molecule has 3 rings (SSSR count). The first-order chi connectivity index (χ1) is 12.0. The highest BCUT2D eigenvalue weighted by molar-refractivity contribution is 5.68. The molecule has 0 bridgehead atoms. The van der Waals surface area contributed by atoms with E-state index in [2.05, 4.69) is 35.1 Å². The van der Waals surface area contributed by atoms with Crippen LogP contribution >= 0.6 is 0 Å². The van der Waals surface area contributed by atoms with Crippen molar-refractivity contribution in [3.8, 4) is 5.88 Å². The van der Waals surface area contributed by atoms with E-state index in [4.69, 9.17) is 11.3 Å². The number of aromatic nitrogens is 1. The third-order valence-corrected chi connectivity index (χ3v) is 4.29. The van der Waals surface area contributed by atoms with Crippen LogP contribution in [0.2, 0.25) is 0 Å². The van der Waals surface area contributed by atoms with Gasteiger partial charge in [0.05, 0.1) is 12.3 Å². The van der Waals surface area contributed by atoms with Crippen molar-refractivity contribution in [2.24, 2.45) is 5.41 Å². The molecule has 0 unspecified atom stereocenters. The Morgan fingerprint density at radius 3 is 2.88 bits per heavy atom. The van der Waals surface area contributed by atoms with Crippen molar-refractivity contribution < 1.29 is 9.13 Å². The zero-order valence-electron chi connectivity index (χ0n) is 14.3. The van der Waals surface area contributed by atoms with Gasteiger partial charge in [-0.1, -0.05) is 38.1 Å². The minimum absolute atomic E-state index is 0.00836. The molecule has 1 aromatic carbocycles. The van der Waals surface area contributed by atoms with Gasteiger partial charge in [0.1, 0.15) is 12.4 Å². The van der Waals surface area contributed by atoms with Gasteiger partial charge in [-0.15, -0.1) is 0 Å². The van der Waals surface area contributed by atoms with Crippen LogP contribution in [0, 0.1) is 17.8 Å². The fourth-order valence-corrected chi connectivity index (χ4v) is 2.90. The highest BCUT2D eigenvalue weighted by Gasteiger charge is 2.27. The minimum Gasteiger partial charge on any atom is -0.473 e. The van der Waals surface area contributed by atoms with Gasteiger partial charge < -0.3 is 10.1 Å². The number of benzene rings is 1. The lowest BCUT2D eigenvalue weighted by molar-refractivity contribution is 0.287. The van der Waals surface area contributed by atoms with E-state index < -0.39 is 5.82 Å². The van der Waals surface area contributed by atoms with Gasteiger partial charge in [-0.25, -0.2) is 14.2 Å². The zero-order valence-corrected chi connectivity index (χ0v) is 14.3. The summed E-state index contributed by atoms with van der Waals surface area (Å²) in [5.41, 5.74) is 2.74. The van der Waals surface area contributed by atoms with E-state index in [0.717, 1.165) is 18.8 Å². The van der Waals surface area contributed by atoms with Crippen molar-refractivity contribution in [1.29, 1.82) is 0 Å². The summed E-state index contributed by atoms with van der Waals surface area (Å²) >= 11 is 0. The topological polar surface area (TPSA) is 38.5 Å². The number of nitrogens with one attached hydrogen (secondary N) is 1. The van der Waals surface area contributed by atoms with Crippen LogP contribution in [0.25, 0.3) is 10.4 Å². The van der Waals surface area contributed by atoms with Crippen molar-refractivity contribution in [2.75, 3.05) is 13.1 Å². The van der Waals surface area contributed by atoms with E-state index in [1.165, 1.54) is 11.6 Å². The molecule has 5 heteroatoms. The summed E-state index contributed by atoms with van der Waals surface area (Å²) in [6, 6.07) is 10.0. The second-order valence-corrected chi connectivity index (χ2v) is 6.67. The van der Waals surface area contributed by atoms with Gasteiger partial charge in [-0.3, -0.25) is 0 Å². The van der Waals surface area contributed by atoms with Crippen LogP contribution in [-0.4, -0.2) is 18.1 Å². The lowest BCUT2D eigenvalue weighted by Gasteiger charge is -2.32. The normalized spacial score (nSPS) is 16.0. The van der Waals surface area contributed by atoms with E-state index in [-0.39, 0.29) is 17.7 Å². The number of halogens is 1. The van der Waals surface area contributed by atoms with Gasteiger partial charge in [-0.05, 0) is 17.7 Å². The summed E-state index contributed by atoms with van der Waals surface area (Å²) in [5.74, 6) is 0.0215. The summed E-state index contributed by atoms with van der Waals surface area (Å²) in [7, 11) is 0. The fourth-order valence-electron chi connectivity index (χ4n) is 2.90. The summed E-state index contributed by atoms with van der Waals surface area (Å²) in [6.07, 6.45) is 2.15. The van der Waals surface area contributed by atoms with E-state index in [9.17, 15) is 4.39 Å². The van der Waals surface area contributed by atoms with Crippen LogP contribution in [0.15, 0.2) is 42.5 Å². The van der Waals surface area contributed by atoms with Crippen molar-refractivity contribution in [1.82, 2.24) is 10.3 Å². The van der Waals surface area contributed by atoms with E-state index in [0.29, 0.717) is 11.4 Å². The average Bonchev–Trinajstić information content (AvgIpc) is 2.60. The summed E-state index contributed by atoms with van der Waals surface area (Å²) in [4.78, 5) is 7.79. The first-order valence-electron chi connectivity index (χ1n) is 8.17. The molecule has 0 saturated heterocycles. The smallest absolute Gasteiger partial charge is 0.214 e. The Morgan fingerprint density at radius 2 is 2.16 bits per heavy atom. The first-order valence-corrected chi connectivity index (χ1v) is 8.17. The van der Waals surface area contributed by atoms with E-state index in [1.807, 2.05) is 12.1 Å². The molecular weight excluding hydrogens is 317 g/mol. The average molecular weight is 337 g/mol. The molecule has 4 nitrogen and oxygen atoms in total. The Kier molecular flexibility index (Phi) is 4.82. The Labute approximate surface area is 147 Å². The number of hydrogen-bond acceptors (Lipinski definition) is 3. The van der Waals surface area contributed by atoms with Crippen molar-refractivity contribution in [3.05, 3.63) is 71.0 Å². The molecule has 0 spiro atoms. The maximum absolute atomic E-state index is 14.0. The minimum atomic E-state index is -0.438. The fraction of sp³-hybridized carbons (Fsp3) is 0.300. The number of ether oxygens (including phenoxy) is 1. The molecule has 25 heavy (non-hydrogen) atoms. The van der Waals surface area contributed by atoms with Crippen LogP contribution in [0.4, 0.5) is 10.1 Å². The molecule has 0 atom stereocenters. The molecule has 1 aliphatic heterocycles. The maximum Gasteiger partial charge on any atom is 0.214 e. The van der Waals surface area contributed by atoms with Crippen LogP contribution in [0.1, 0.15) is 25.1 Å². The van der Waals surface area contributed by atoms with E-state index in [1.54, 1.807) is 18.2 Å². The van der Waals surface area contributed by atoms with Gasteiger partial charge in [0.15, 0.2) is 5.69 Å². The van der Waals surface area contributed by atoms with Gasteiger partial charge in [0, 0.05) is 30.1 Å². The lowest BCUT2D eigenvalue weighted by atomic mass is 9.80. The highest BCUT2D eigenvalue weighted by Crippen LogP contribution is 2.35. The van der Waals surface area contributed by atoms with Crippen molar-refractivity contribution >= 4 is 11.3 Å². The predicted octanol–water partition coefficient (Wildman–Crippen LogP) is 4.36. The second kappa shape index (κ2) is 7.04. The quantitative estimate of drug-likeness (QED) is 0.842. The Balaban J connectivity index is 1.77. The van der Waals surface area contributed by atoms with Gasteiger partial charge >= 0.3 is 0 Å². The van der Waals surface area contributed by atoms with Crippen LogP contribution in [0.3, 0.4) is 0 Å². The standard InChI is InChI=1S/C20H20FN3O/c1-20(2)13-23-10-9-16(20)18-5-4-6-19(24-18)25-12-14-7-8-15(22-3)11-17(14)21/h4-9,11,23H,10,12-13H2,1-2H3. The molecule has 1 aromatic heterocycles. The summed E-state index contributed by atoms with van der Waals surface area (Å²) in [5, 5.41) is 3.35. The third-order valence-electron chi connectivity index (χ3n) is 4.29. The molecule has 1 N–H and O–H groups in total. The number of nitrogens with zero attached hydrogens (tertiary/aromatic N) is 2. The van der Waals surface area contributed by atoms with Gasteiger partial charge in [0.25, 0.3) is 0 Å². The maximum atomic E-state index is 14.0. The summed E-state index contributed by atoms with van der Waals surface area (Å²) < 4.78 is 19.6.